The maximum absolute atomic E-state index is 12.4. The highest BCUT2D eigenvalue weighted by Gasteiger charge is 2.27. The van der Waals surface area contributed by atoms with Crippen LogP contribution in [0.5, 0.6) is 0 Å². The fraction of sp³-hybridized carbons (Fsp3) is 0.167. The van der Waals surface area contributed by atoms with Crippen LogP contribution in [0.2, 0.25) is 0 Å². The van der Waals surface area contributed by atoms with Crippen molar-refractivity contribution in [2.75, 3.05) is 0 Å². The molecule has 1 amide bonds. The summed E-state index contributed by atoms with van der Waals surface area (Å²) in [6, 6.07) is 30.3. The van der Waals surface area contributed by atoms with Gasteiger partial charge in [0.2, 0.25) is 0 Å². The molecular formula is C24H23N3O. The van der Waals surface area contributed by atoms with Crippen molar-refractivity contribution in [3.63, 3.8) is 0 Å². The summed E-state index contributed by atoms with van der Waals surface area (Å²) in [7, 11) is 0. The molecule has 0 aliphatic carbocycles. The second kappa shape index (κ2) is 8.63. The van der Waals surface area contributed by atoms with Gasteiger partial charge in [-0.2, -0.15) is 5.10 Å². The molecule has 1 saturated heterocycles. The number of hydrazone groups is 1. The van der Waals surface area contributed by atoms with Crippen LogP contribution in [0.15, 0.2) is 96.1 Å². The standard InChI is InChI=1S/C24H23N3O/c28-24(20-14-8-3-9-15-20)27-26-21-16-22(18-10-4-1-5-11-18)25-23(17-21)19-12-6-2-7-13-19/h1-15,22-23,25H,16-17H2,(H,27,28). The lowest BCUT2D eigenvalue weighted by atomic mass is 9.89. The minimum atomic E-state index is -0.181. The van der Waals surface area contributed by atoms with Gasteiger partial charge in [0.25, 0.3) is 5.91 Å². The van der Waals surface area contributed by atoms with E-state index in [0.717, 1.165) is 18.6 Å². The summed E-state index contributed by atoms with van der Waals surface area (Å²) >= 11 is 0. The van der Waals surface area contributed by atoms with Crippen LogP contribution in [0, 0.1) is 0 Å². The first-order valence-corrected chi connectivity index (χ1v) is 9.56. The molecule has 140 valence electrons. The molecular weight excluding hydrogens is 346 g/mol. The molecule has 1 aliphatic rings. The fourth-order valence-corrected chi connectivity index (χ4v) is 3.59. The molecule has 0 saturated carbocycles. The second-order valence-electron chi connectivity index (χ2n) is 6.99. The van der Waals surface area contributed by atoms with Gasteiger partial charge in [-0.1, -0.05) is 78.9 Å². The molecule has 1 heterocycles. The SMILES string of the molecule is O=C(NN=C1CC(c2ccccc2)NC(c2ccccc2)C1)c1ccccc1. The highest BCUT2D eigenvalue weighted by molar-refractivity contribution is 5.95. The fourth-order valence-electron chi connectivity index (χ4n) is 3.59. The van der Waals surface area contributed by atoms with Crippen LogP contribution in [0.1, 0.15) is 46.4 Å². The van der Waals surface area contributed by atoms with Crippen LogP contribution < -0.4 is 10.7 Å². The minimum Gasteiger partial charge on any atom is -0.302 e. The van der Waals surface area contributed by atoms with Crippen molar-refractivity contribution in [1.82, 2.24) is 10.7 Å². The van der Waals surface area contributed by atoms with Crippen LogP contribution in [0.4, 0.5) is 0 Å². The second-order valence-corrected chi connectivity index (χ2v) is 6.99. The number of piperidine rings is 1. The van der Waals surface area contributed by atoms with E-state index < -0.39 is 0 Å². The van der Waals surface area contributed by atoms with Crippen molar-refractivity contribution in [3.05, 3.63) is 108 Å². The molecule has 0 aromatic heterocycles. The minimum absolute atomic E-state index is 0.160. The van der Waals surface area contributed by atoms with Crippen molar-refractivity contribution in [2.45, 2.75) is 24.9 Å². The number of amides is 1. The lowest BCUT2D eigenvalue weighted by molar-refractivity contribution is 0.0954. The molecule has 3 aromatic rings. The summed E-state index contributed by atoms with van der Waals surface area (Å²) in [4.78, 5) is 12.4. The molecule has 1 fully saturated rings. The lowest BCUT2D eigenvalue weighted by Gasteiger charge is -2.32. The van der Waals surface area contributed by atoms with E-state index in [-0.39, 0.29) is 18.0 Å². The van der Waals surface area contributed by atoms with Crippen molar-refractivity contribution < 1.29 is 4.79 Å². The zero-order valence-corrected chi connectivity index (χ0v) is 15.6. The van der Waals surface area contributed by atoms with Crippen molar-refractivity contribution >= 4 is 11.6 Å². The van der Waals surface area contributed by atoms with Gasteiger partial charge in [0.15, 0.2) is 0 Å². The van der Waals surface area contributed by atoms with Crippen molar-refractivity contribution in [2.24, 2.45) is 5.10 Å². The van der Waals surface area contributed by atoms with E-state index in [1.807, 2.05) is 30.3 Å². The molecule has 0 bridgehead atoms. The normalized spacial score (nSPS) is 19.1. The number of nitrogens with one attached hydrogen (secondary N) is 2. The van der Waals surface area contributed by atoms with Crippen molar-refractivity contribution in [3.8, 4) is 0 Å². The van der Waals surface area contributed by atoms with Gasteiger partial charge in [-0.3, -0.25) is 4.79 Å². The first-order chi connectivity index (χ1) is 13.8. The van der Waals surface area contributed by atoms with Crippen LogP contribution >= 0.6 is 0 Å². The highest BCUT2D eigenvalue weighted by Crippen LogP contribution is 2.31. The average molecular weight is 369 g/mol. The molecule has 0 radical (unpaired) electrons. The molecule has 2 atom stereocenters. The van der Waals surface area contributed by atoms with Gasteiger partial charge >= 0.3 is 0 Å². The third kappa shape index (κ3) is 4.35. The third-order valence-corrected chi connectivity index (χ3v) is 5.04. The van der Waals surface area contributed by atoms with Gasteiger partial charge in [0, 0.05) is 36.2 Å². The van der Waals surface area contributed by atoms with E-state index >= 15 is 0 Å². The molecule has 2 N–H and O–H groups in total. The Morgan fingerprint density at radius 1 is 0.750 bits per heavy atom. The number of rotatable bonds is 4. The summed E-state index contributed by atoms with van der Waals surface area (Å²) in [5.74, 6) is -0.181. The number of carbonyl (C=O) groups is 1. The predicted octanol–water partition coefficient (Wildman–Crippen LogP) is 4.64. The third-order valence-electron chi connectivity index (χ3n) is 5.04. The van der Waals surface area contributed by atoms with Gasteiger partial charge in [0.05, 0.1) is 0 Å². The number of benzene rings is 3. The van der Waals surface area contributed by atoms with Crippen LogP contribution in [0.3, 0.4) is 0 Å². The van der Waals surface area contributed by atoms with E-state index in [9.17, 15) is 4.79 Å². The quantitative estimate of drug-likeness (QED) is 0.659. The van der Waals surface area contributed by atoms with Crippen molar-refractivity contribution in [1.29, 1.82) is 0 Å². The van der Waals surface area contributed by atoms with Crippen LogP contribution in [-0.4, -0.2) is 11.6 Å². The first-order valence-electron chi connectivity index (χ1n) is 9.56. The average Bonchev–Trinajstić information content (AvgIpc) is 2.79. The highest BCUT2D eigenvalue weighted by atomic mass is 16.2. The van der Waals surface area contributed by atoms with E-state index in [2.05, 4.69) is 64.4 Å². The monoisotopic (exact) mass is 369 g/mol. The van der Waals surface area contributed by atoms with Gasteiger partial charge in [-0.25, -0.2) is 5.43 Å². The smallest absolute Gasteiger partial charge is 0.271 e. The number of hydrogen-bond acceptors (Lipinski definition) is 3. The maximum Gasteiger partial charge on any atom is 0.271 e. The number of nitrogens with zero attached hydrogens (tertiary/aromatic N) is 1. The van der Waals surface area contributed by atoms with E-state index in [1.54, 1.807) is 12.1 Å². The summed E-state index contributed by atoms with van der Waals surface area (Å²) in [5.41, 5.74) is 6.79. The topological polar surface area (TPSA) is 53.5 Å². The van der Waals surface area contributed by atoms with Gasteiger partial charge in [-0.15, -0.1) is 0 Å². The lowest BCUT2D eigenvalue weighted by Crippen LogP contribution is -2.36. The molecule has 4 heteroatoms. The predicted molar refractivity (Wildman–Crippen MR) is 112 cm³/mol. The Morgan fingerprint density at radius 2 is 1.21 bits per heavy atom. The zero-order valence-electron chi connectivity index (χ0n) is 15.6. The number of hydrogen-bond donors (Lipinski definition) is 2. The Labute approximate surface area is 165 Å². The maximum atomic E-state index is 12.4. The largest absolute Gasteiger partial charge is 0.302 e. The van der Waals surface area contributed by atoms with E-state index in [1.165, 1.54) is 11.1 Å². The Balaban J connectivity index is 1.56. The van der Waals surface area contributed by atoms with Crippen LogP contribution in [0.25, 0.3) is 0 Å². The summed E-state index contributed by atoms with van der Waals surface area (Å²) in [6.07, 6.45) is 1.53. The number of carbonyl (C=O) groups excluding carboxylic acids is 1. The summed E-state index contributed by atoms with van der Waals surface area (Å²) < 4.78 is 0. The Bertz CT molecular complexity index is 890. The summed E-state index contributed by atoms with van der Waals surface area (Å²) in [6.45, 7) is 0. The molecule has 0 spiro atoms. The molecule has 1 aliphatic heterocycles. The molecule has 28 heavy (non-hydrogen) atoms. The van der Waals surface area contributed by atoms with Gasteiger partial charge in [0.1, 0.15) is 0 Å². The Kier molecular flexibility index (Phi) is 5.59. The molecule has 3 aromatic carbocycles. The van der Waals surface area contributed by atoms with Gasteiger partial charge in [-0.05, 0) is 23.3 Å². The van der Waals surface area contributed by atoms with E-state index in [4.69, 9.17) is 0 Å². The Hall–Kier alpha value is -3.24. The summed E-state index contributed by atoms with van der Waals surface area (Å²) in [5, 5.41) is 8.23. The van der Waals surface area contributed by atoms with Crippen LogP contribution in [-0.2, 0) is 0 Å². The zero-order chi connectivity index (χ0) is 19.2. The van der Waals surface area contributed by atoms with Gasteiger partial charge < -0.3 is 5.32 Å². The molecule has 4 rings (SSSR count). The molecule has 2 unspecified atom stereocenters. The first kappa shape index (κ1) is 18.1. The molecule has 4 nitrogen and oxygen atoms in total. The van der Waals surface area contributed by atoms with E-state index in [0.29, 0.717) is 5.56 Å². The Morgan fingerprint density at radius 3 is 1.71 bits per heavy atom.